The number of anilines is 1. The van der Waals surface area contributed by atoms with Crippen LogP contribution < -0.4 is 5.32 Å². The zero-order valence-electron chi connectivity index (χ0n) is 11.0. The van der Waals surface area contributed by atoms with Crippen molar-refractivity contribution < 1.29 is 9.90 Å². The van der Waals surface area contributed by atoms with Crippen LogP contribution in [0.1, 0.15) is 15.9 Å². The highest BCUT2D eigenvalue weighted by Gasteiger charge is 2.11. The average molecular weight is 266 g/mol. The first kappa shape index (κ1) is 12.3. The number of carbonyl (C=O) groups excluding carboxylic acids is 1. The van der Waals surface area contributed by atoms with Gasteiger partial charge in [-0.3, -0.25) is 4.79 Å². The molecule has 2 aromatic carbocycles. The van der Waals surface area contributed by atoms with Crippen LogP contribution in [0.15, 0.2) is 48.7 Å². The fraction of sp³-hybridized carbons (Fsp3) is 0.0625. The number of phenols is 1. The molecule has 4 heteroatoms. The number of benzene rings is 2. The van der Waals surface area contributed by atoms with E-state index in [-0.39, 0.29) is 11.7 Å². The van der Waals surface area contributed by atoms with Crippen LogP contribution in [0.2, 0.25) is 0 Å². The number of nitrogens with one attached hydrogen (secondary N) is 2. The zero-order chi connectivity index (χ0) is 14.1. The summed E-state index contributed by atoms with van der Waals surface area (Å²) < 4.78 is 0. The van der Waals surface area contributed by atoms with Gasteiger partial charge < -0.3 is 15.4 Å². The first-order valence-electron chi connectivity index (χ1n) is 6.32. The second-order valence-corrected chi connectivity index (χ2v) is 4.70. The molecule has 3 rings (SSSR count). The number of aryl methyl sites for hydroxylation is 1. The van der Waals surface area contributed by atoms with E-state index in [1.165, 1.54) is 0 Å². The van der Waals surface area contributed by atoms with Gasteiger partial charge in [-0.15, -0.1) is 0 Å². The van der Waals surface area contributed by atoms with E-state index in [4.69, 9.17) is 0 Å². The van der Waals surface area contributed by atoms with E-state index in [0.717, 1.165) is 16.5 Å². The third-order valence-corrected chi connectivity index (χ3v) is 3.30. The molecule has 3 aromatic rings. The molecule has 100 valence electrons. The van der Waals surface area contributed by atoms with Crippen molar-refractivity contribution >= 4 is 22.5 Å². The lowest BCUT2D eigenvalue weighted by atomic mass is 10.1. The van der Waals surface area contributed by atoms with E-state index < -0.39 is 0 Å². The largest absolute Gasteiger partial charge is 0.508 e. The van der Waals surface area contributed by atoms with Crippen molar-refractivity contribution in [2.24, 2.45) is 0 Å². The number of hydrogen-bond donors (Lipinski definition) is 3. The van der Waals surface area contributed by atoms with E-state index in [0.29, 0.717) is 11.3 Å². The molecule has 0 saturated carbocycles. The highest BCUT2D eigenvalue weighted by atomic mass is 16.3. The summed E-state index contributed by atoms with van der Waals surface area (Å²) in [4.78, 5) is 15.4. The summed E-state index contributed by atoms with van der Waals surface area (Å²) in [7, 11) is 0. The Labute approximate surface area is 116 Å². The Morgan fingerprint density at radius 3 is 2.85 bits per heavy atom. The summed E-state index contributed by atoms with van der Waals surface area (Å²) >= 11 is 0. The van der Waals surface area contributed by atoms with Gasteiger partial charge >= 0.3 is 0 Å². The molecule has 0 aliphatic heterocycles. The topological polar surface area (TPSA) is 65.1 Å². The second kappa shape index (κ2) is 4.74. The molecule has 1 amide bonds. The Morgan fingerprint density at radius 1 is 1.20 bits per heavy atom. The van der Waals surface area contributed by atoms with Crippen LogP contribution in [0, 0.1) is 6.92 Å². The van der Waals surface area contributed by atoms with Crippen molar-refractivity contribution in [2.75, 3.05) is 5.32 Å². The third kappa shape index (κ3) is 2.12. The molecule has 0 saturated heterocycles. The van der Waals surface area contributed by atoms with Gasteiger partial charge in [-0.2, -0.15) is 0 Å². The molecule has 0 bridgehead atoms. The maximum absolute atomic E-state index is 12.3. The quantitative estimate of drug-likeness (QED) is 0.665. The lowest BCUT2D eigenvalue weighted by Crippen LogP contribution is -2.12. The maximum Gasteiger partial charge on any atom is 0.257 e. The molecule has 0 atom stereocenters. The van der Waals surface area contributed by atoms with Crippen LogP contribution in [0.3, 0.4) is 0 Å². The fourth-order valence-electron chi connectivity index (χ4n) is 2.16. The van der Waals surface area contributed by atoms with Gasteiger partial charge in [0.25, 0.3) is 5.91 Å². The minimum Gasteiger partial charge on any atom is -0.508 e. The molecular weight excluding hydrogens is 252 g/mol. The van der Waals surface area contributed by atoms with Crippen molar-refractivity contribution in [3.05, 3.63) is 59.8 Å². The molecule has 1 heterocycles. The molecule has 0 aliphatic carbocycles. The number of carbonyl (C=O) groups is 1. The van der Waals surface area contributed by atoms with Gasteiger partial charge in [0.1, 0.15) is 5.75 Å². The Balaban J connectivity index is 1.93. The number of H-pyrrole nitrogens is 1. The normalized spacial score (nSPS) is 10.7. The van der Waals surface area contributed by atoms with Gasteiger partial charge in [-0.1, -0.05) is 18.2 Å². The van der Waals surface area contributed by atoms with Crippen LogP contribution in [0.25, 0.3) is 10.9 Å². The van der Waals surface area contributed by atoms with Gasteiger partial charge in [-0.25, -0.2) is 0 Å². The molecule has 3 N–H and O–H groups in total. The SMILES string of the molecule is Cc1ccc(NC(=O)c2cccc3cc[nH]c23)cc1O. The van der Waals surface area contributed by atoms with Crippen LogP contribution in [0.5, 0.6) is 5.75 Å². The Kier molecular flexibility index (Phi) is 2.91. The molecule has 20 heavy (non-hydrogen) atoms. The number of phenolic OH excluding ortho intramolecular Hbond substituents is 1. The van der Waals surface area contributed by atoms with Crippen molar-refractivity contribution in [3.63, 3.8) is 0 Å². The smallest absolute Gasteiger partial charge is 0.257 e. The Morgan fingerprint density at radius 2 is 2.05 bits per heavy atom. The lowest BCUT2D eigenvalue weighted by Gasteiger charge is -2.08. The van der Waals surface area contributed by atoms with E-state index in [1.807, 2.05) is 18.2 Å². The number of aromatic hydroxyl groups is 1. The number of amides is 1. The average Bonchev–Trinajstić information content (AvgIpc) is 2.91. The molecule has 0 spiro atoms. The van der Waals surface area contributed by atoms with Gasteiger partial charge in [0.2, 0.25) is 0 Å². The monoisotopic (exact) mass is 266 g/mol. The minimum atomic E-state index is -0.207. The van der Waals surface area contributed by atoms with Crippen molar-refractivity contribution in [2.45, 2.75) is 6.92 Å². The molecule has 4 nitrogen and oxygen atoms in total. The molecule has 0 fully saturated rings. The number of rotatable bonds is 2. The van der Waals surface area contributed by atoms with Gasteiger partial charge in [0, 0.05) is 23.3 Å². The van der Waals surface area contributed by atoms with E-state index in [1.54, 1.807) is 37.4 Å². The molecule has 0 unspecified atom stereocenters. The maximum atomic E-state index is 12.3. The first-order valence-corrected chi connectivity index (χ1v) is 6.32. The van der Waals surface area contributed by atoms with E-state index >= 15 is 0 Å². The van der Waals surface area contributed by atoms with Crippen molar-refractivity contribution in [3.8, 4) is 5.75 Å². The van der Waals surface area contributed by atoms with Gasteiger partial charge in [-0.05, 0) is 30.7 Å². The summed E-state index contributed by atoms with van der Waals surface area (Å²) in [6, 6.07) is 12.5. The highest BCUT2D eigenvalue weighted by Crippen LogP contribution is 2.22. The van der Waals surface area contributed by atoms with Crippen LogP contribution in [0.4, 0.5) is 5.69 Å². The predicted octanol–water partition coefficient (Wildman–Crippen LogP) is 3.43. The van der Waals surface area contributed by atoms with Crippen LogP contribution in [-0.4, -0.2) is 16.0 Å². The highest BCUT2D eigenvalue weighted by molar-refractivity contribution is 6.12. The van der Waals surface area contributed by atoms with Crippen LogP contribution in [-0.2, 0) is 0 Å². The van der Waals surface area contributed by atoms with Crippen LogP contribution >= 0.6 is 0 Å². The number of para-hydroxylation sites is 1. The molecule has 0 aliphatic rings. The van der Waals surface area contributed by atoms with E-state index in [9.17, 15) is 9.90 Å². The Bertz CT molecular complexity index is 790. The summed E-state index contributed by atoms with van der Waals surface area (Å²) in [5.41, 5.74) is 2.73. The third-order valence-electron chi connectivity index (χ3n) is 3.30. The molecular formula is C16H14N2O2. The molecule has 0 radical (unpaired) electrons. The first-order chi connectivity index (χ1) is 9.65. The van der Waals surface area contributed by atoms with E-state index in [2.05, 4.69) is 10.3 Å². The molecule has 1 aromatic heterocycles. The van der Waals surface area contributed by atoms with Crippen molar-refractivity contribution in [1.82, 2.24) is 4.98 Å². The summed E-state index contributed by atoms with van der Waals surface area (Å²) in [5.74, 6) is -0.0396. The number of hydrogen-bond acceptors (Lipinski definition) is 2. The summed E-state index contributed by atoms with van der Waals surface area (Å²) in [5, 5.41) is 13.4. The second-order valence-electron chi connectivity index (χ2n) is 4.70. The number of aromatic nitrogens is 1. The zero-order valence-corrected chi connectivity index (χ0v) is 11.0. The van der Waals surface area contributed by atoms with Crippen molar-refractivity contribution in [1.29, 1.82) is 0 Å². The minimum absolute atomic E-state index is 0.167. The Hall–Kier alpha value is -2.75. The number of aromatic amines is 1. The van der Waals surface area contributed by atoms with Gasteiger partial charge in [0.15, 0.2) is 0 Å². The fourth-order valence-corrected chi connectivity index (χ4v) is 2.16. The lowest BCUT2D eigenvalue weighted by molar-refractivity contribution is 0.102. The number of fused-ring (bicyclic) bond motifs is 1. The summed E-state index contributed by atoms with van der Waals surface area (Å²) in [6.45, 7) is 1.81. The van der Waals surface area contributed by atoms with Gasteiger partial charge in [0.05, 0.1) is 11.1 Å². The summed E-state index contributed by atoms with van der Waals surface area (Å²) in [6.07, 6.45) is 1.80. The predicted molar refractivity (Wildman–Crippen MR) is 79.1 cm³/mol. The standard InChI is InChI=1S/C16H14N2O2/c1-10-5-6-12(9-14(10)19)18-16(20)13-4-2-3-11-7-8-17-15(11)13/h2-9,17,19H,1H3,(H,18,20).